The summed E-state index contributed by atoms with van der Waals surface area (Å²) < 4.78 is 44.0. The molecule has 15 heteroatoms. The van der Waals surface area contributed by atoms with Crippen molar-refractivity contribution in [1.82, 2.24) is 20.5 Å². The Morgan fingerprint density at radius 2 is 2.17 bits per heavy atom. The number of halogens is 2. The van der Waals surface area contributed by atoms with Gasteiger partial charge in [0.1, 0.15) is 5.82 Å². The Balaban J connectivity index is 1.62. The molecule has 0 radical (unpaired) electrons. The van der Waals surface area contributed by atoms with Gasteiger partial charge in [-0.3, -0.25) is 20.4 Å². The predicted molar refractivity (Wildman–Crippen MR) is 110 cm³/mol. The first-order valence-electron chi connectivity index (χ1n) is 8.62. The Morgan fingerprint density at radius 1 is 1.40 bits per heavy atom. The smallest absolute Gasteiger partial charge is 0.237 e. The maximum absolute atomic E-state index is 13.4. The Kier molecular flexibility index (Phi) is 6.84. The van der Waals surface area contributed by atoms with E-state index in [-0.39, 0.29) is 40.9 Å². The quantitative estimate of drug-likeness (QED) is 0.150. The van der Waals surface area contributed by atoms with Crippen LogP contribution in [0.25, 0.3) is 0 Å². The van der Waals surface area contributed by atoms with Crippen LogP contribution in [0.1, 0.15) is 18.5 Å². The van der Waals surface area contributed by atoms with Gasteiger partial charge in [-0.25, -0.2) is 22.4 Å². The van der Waals surface area contributed by atoms with E-state index in [1.807, 2.05) is 5.48 Å². The number of nitrogens with one attached hydrogen (secondary N) is 3. The zero-order chi connectivity index (χ0) is 21.7. The van der Waals surface area contributed by atoms with Crippen LogP contribution in [0, 0.1) is 5.82 Å². The number of amidine groups is 1. The van der Waals surface area contributed by atoms with Gasteiger partial charge < -0.3 is 11.1 Å². The standard InChI is InChI=1S/C15H18BrFN8O4S/c16-10-7-8(1-4-11(10)17)21-14(22-26)12-13(24-29-23-12)19-5-6-20-15(18)25-30(27,28)9-2-3-9/h1,4,7,9,26H,2-3,5-6H2,(H,19,24)(H,21,22)(H3,18,20,25). The molecule has 6 N–H and O–H groups in total. The molecule has 0 spiro atoms. The summed E-state index contributed by atoms with van der Waals surface area (Å²) in [6.07, 6.45) is 1.23. The Hall–Kier alpha value is -2.78. The Morgan fingerprint density at radius 3 is 2.83 bits per heavy atom. The zero-order valence-electron chi connectivity index (χ0n) is 15.3. The summed E-state index contributed by atoms with van der Waals surface area (Å²) in [5.41, 5.74) is 7.87. The van der Waals surface area contributed by atoms with E-state index in [0.29, 0.717) is 18.5 Å². The van der Waals surface area contributed by atoms with Gasteiger partial charge in [0.25, 0.3) is 0 Å². The molecule has 0 saturated heterocycles. The number of aromatic nitrogens is 2. The summed E-state index contributed by atoms with van der Waals surface area (Å²) in [6, 6.07) is 4.02. The van der Waals surface area contributed by atoms with Crippen LogP contribution in [-0.4, -0.2) is 54.1 Å². The molecule has 0 aliphatic heterocycles. The number of benzene rings is 1. The molecule has 30 heavy (non-hydrogen) atoms. The van der Waals surface area contributed by atoms with Gasteiger partial charge in [0.2, 0.25) is 21.8 Å². The van der Waals surface area contributed by atoms with E-state index in [4.69, 9.17) is 5.73 Å². The maximum Gasteiger partial charge on any atom is 0.237 e. The summed E-state index contributed by atoms with van der Waals surface area (Å²) in [5, 5.41) is 19.2. The van der Waals surface area contributed by atoms with Crippen molar-refractivity contribution in [3.05, 3.63) is 34.2 Å². The lowest BCUT2D eigenvalue weighted by Gasteiger charge is -2.07. The molecule has 12 nitrogen and oxygen atoms in total. The van der Waals surface area contributed by atoms with E-state index < -0.39 is 21.1 Å². The zero-order valence-corrected chi connectivity index (χ0v) is 17.7. The molecule has 0 atom stereocenters. The third-order valence-corrected chi connectivity index (χ3v) is 6.31. The van der Waals surface area contributed by atoms with Crippen molar-refractivity contribution in [1.29, 1.82) is 0 Å². The van der Waals surface area contributed by atoms with E-state index in [1.54, 1.807) is 0 Å². The Labute approximate surface area is 178 Å². The molecule has 1 aromatic heterocycles. The van der Waals surface area contributed by atoms with Crippen molar-refractivity contribution < 1.29 is 22.6 Å². The number of nitrogens with two attached hydrogens (primary N) is 1. The van der Waals surface area contributed by atoms with Crippen LogP contribution in [-0.2, 0) is 10.0 Å². The molecule has 3 rings (SSSR count). The van der Waals surface area contributed by atoms with Crippen molar-refractivity contribution >= 4 is 49.3 Å². The van der Waals surface area contributed by atoms with E-state index in [1.165, 1.54) is 18.2 Å². The van der Waals surface area contributed by atoms with Crippen LogP contribution in [0.4, 0.5) is 15.9 Å². The average molecular weight is 505 g/mol. The molecule has 1 saturated carbocycles. The molecule has 0 unspecified atom stereocenters. The lowest BCUT2D eigenvalue weighted by Crippen LogP contribution is -2.39. The van der Waals surface area contributed by atoms with Gasteiger partial charge in [0, 0.05) is 6.54 Å². The van der Waals surface area contributed by atoms with Crippen molar-refractivity contribution in [3.63, 3.8) is 0 Å². The SMILES string of the molecule is NC(=NCCNc1nonc1C(=Nc1ccc(F)c(Br)c1)NO)NS(=O)(=O)C1CC1. The third kappa shape index (κ3) is 5.64. The van der Waals surface area contributed by atoms with E-state index >= 15 is 0 Å². The number of aliphatic imine (C=N–C) groups is 2. The number of nitrogens with zero attached hydrogens (tertiary/aromatic N) is 4. The summed E-state index contributed by atoms with van der Waals surface area (Å²) >= 11 is 3.05. The largest absolute Gasteiger partial charge is 0.369 e. The lowest BCUT2D eigenvalue weighted by molar-refractivity contribution is 0.234. The molecule has 2 aromatic rings. The lowest BCUT2D eigenvalue weighted by atomic mass is 10.3. The second kappa shape index (κ2) is 9.36. The van der Waals surface area contributed by atoms with Gasteiger partial charge in [-0.05, 0) is 57.3 Å². The fourth-order valence-corrected chi connectivity index (χ4v) is 3.91. The number of hydrogen-bond donors (Lipinski definition) is 5. The maximum atomic E-state index is 13.4. The minimum absolute atomic E-state index is 0.0596. The number of hydrogen-bond acceptors (Lipinski definition) is 9. The first kappa shape index (κ1) is 21.9. The van der Waals surface area contributed by atoms with Crippen LogP contribution in [0.3, 0.4) is 0 Å². The number of rotatable bonds is 8. The minimum atomic E-state index is -3.47. The second-order valence-corrected chi connectivity index (χ2v) is 8.99. The molecular formula is C15H18BrFN8O4S. The normalized spacial score (nSPS) is 15.2. The van der Waals surface area contributed by atoms with E-state index in [0.717, 1.165) is 0 Å². The van der Waals surface area contributed by atoms with Crippen LogP contribution in [0.5, 0.6) is 0 Å². The monoisotopic (exact) mass is 504 g/mol. The fraction of sp³-hybridized carbons (Fsp3) is 0.333. The summed E-state index contributed by atoms with van der Waals surface area (Å²) in [6.45, 7) is 0.323. The average Bonchev–Trinajstić information content (AvgIpc) is 3.46. The van der Waals surface area contributed by atoms with Crippen LogP contribution < -0.4 is 21.3 Å². The molecule has 1 aromatic carbocycles. The summed E-state index contributed by atoms with van der Waals surface area (Å²) in [4.78, 5) is 8.06. The molecule has 1 fully saturated rings. The first-order chi connectivity index (χ1) is 14.3. The van der Waals surface area contributed by atoms with Crippen molar-refractivity contribution in [3.8, 4) is 0 Å². The van der Waals surface area contributed by atoms with Gasteiger partial charge >= 0.3 is 0 Å². The van der Waals surface area contributed by atoms with Crippen molar-refractivity contribution in [2.75, 3.05) is 18.4 Å². The van der Waals surface area contributed by atoms with Gasteiger partial charge in [0.05, 0.1) is 22.0 Å². The van der Waals surface area contributed by atoms with Crippen LogP contribution in [0.15, 0.2) is 37.3 Å². The predicted octanol–water partition coefficient (Wildman–Crippen LogP) is 0.837. The van der Waals surface area contributed by atoms with Crippen molar-refractivity contribution in [2.45, 2.75) is 18.1 Å². The highest BCUT2D eigenvalue weighted by atomic mass is 79.9. The molecule has 1 heterocycles. The summed E-state index contributed by atoms with van der Waals surface area (Å²) in [7, 11) is -3.47. The van der Waals surface area contributed by atoms with E-state index in [9.17, 15) is 18.0 Å². The molecule has 1 aliphatic rings. The van der Waals surface area contributed by atoms with E-state index in [2.05, 4.69) is 50.9 Å². The molecule has 1 aliphatic carbocycles. The summed E-state index contributed by atoms with van der Waals surface area (Å²) in [5.74, 6) is -0.623. The number of anilines is 1. The van der Waals surface area contributed by atoms with Gasteiger partial charge in [-0.15, -0.1) is 0 Å². The highest BCUT2D eigenvalue weighted by Gasteiger charge is 2.36. The number of guanidine groups is 1. The van der Waals surface area contributed by atoms with Gasteiger partial charge in [-0.1, -0.05) is 0 Å². The fourth-order valence-electron chi connectivity index (χ4n) is 2.26. The van der Waals surface area contributed by atoms with Crippen LogP contribution in [0.2, 0.25) is 0 Å². The second-order valence-electron chi connectivity index (χ2n) is 6.17. The number of hydroxylamine groups is 1. The Bertz CT molecular complexity index is 1070. The first-order valence-corrected chi connectivity index (χ1v) is 11.0. The molecule has 0 bridgehead atoms. The molecule has 0 amide bonds. The van der Waals surface area contributed by atoms with Crippen LogP contribution >= 0.6 is 15.9 Å². The van der Waals surface area contributed by atoms with Gasteiger partial charge in [0.15, 0.2) is 11.5 Å². The van der Waals surface area contributed by atoms with Gasteiger partial charge in [-0.2, -0.15) is 0 Å². The molecular weight excluding hydrogens is 487 g/mol. The number of sulfonamides is 1. The topological polar surface area (TPSA) is 180 Å². The highest BCUT2D eigenvalue weighted by Crippen LogP contribution is 2.27. The molecule has 162 valence electrons. The minimum Gasteiger partial charge on any atom is -0.369 e. The highest BCUT2D eigenvalue weighted by molar-refractivity contribution is 9.10. The third-order valence-electron chi connectivity index (χ3n) is 3.86. The van der Waals surface area contributed by atoms with Crippen molar-refractivity contribution in [2.24, 2.45) is 15.7 Å².